The number of likely N-dealkylation sites (N-methyl/N-ethyl adjacent to an activating group) is 1. The third-order valence-corrected chi connectivity index (χ3v) is 7.13. The average Bonchev–Trinajstić information content (AvgIpc) is 2.90. The van der Waals surface area contributed by atoms with Crippen LogP contribution >= 0.6 is 0 Å². The molecule has 1 aliphatic heterocycles. The van der Waals surface area contributed by atoms with Gasteiger partial charge in [0.15, 0.2) is 0 Å². The van der Waals surface area contributed by atoms with Crippen molar-refractivity contribution in [2.75, 3.05) is 50.1 Å². The van der Waals surface area contributed by atoms with E-state index in [0.29, 0.717) is 12.1 Å². The van der Waals surface area contributed by atoms with E-state index in [1.807, 2.05) is 24.4 Å². The van der Waals surface area contributed by atoms with E-state index in [1.54, 1.807) is 7.11 Å². The number of hydrogen-bond acceptors (Lipinski definition) is 7. The lowest BCUT2D eigenvalue weighted by atomic mass is 9.95. The van der Waals surface area contributed by atoms with Crippen molar-refractivity contribution in [2.24, 2.45) is 0 Å². The minimum absolute atomic E-state index is 0.204. The second kappa shape index (κ2) is 10.6. The zero-order valence-corrected chi connectivity index (χ0v) is 20.2. The highest BCUT2D eigenvalue weighted by molar-refractivity contribution is 5.85. The predicted octanol–water partition coefficient (Wildman–Crippen LogP) is 4.85. The molecule has 180 valence electrons. The number of para-hydroxylation sites is 1. The summed E-state index contributed by atoms with van der Waals surface area (Å²) < 4.78 is 11.9. The van der Waals surface area contributed by atoms with Gasteiger partial charge in [0.05, 0.1) is 12.2 Å². The molecule has 5 rings (SSSR count). The summed E-state index contributed by atoms with van der Waals surface area (Å²) in [4.78, 5) is 14.3. The van der Waals surface area contributed by atoms with E-state index in [-0.39, 0.29) is 6.10 Å². The molecule has 0 radical (unpaired) electrons. The topological polar surface area (TPSA) is 62.8 Å². The molecule has 0 atom stereocenters. The summed E-state index contributed by atoms with van der Waals surface area (Å²) in [6.07, 6.45) is 6.51. The Labute approximate surface area is 202 Å². The summed E-state index contributed by atoms with van der Waals surface area (Å²) in [7, 11) is 1.79. The molecule has 7 nitrogen and oxygen atoms in total. The van der Waals surface area contributed by atoms with Crippen LogP contribution in [0.2, 0.25) is 0 Å². The van der Waals surface area contributed by atoms with Crippen LogP contribution in [0.1, 0.15) is 32.6 Å². The zero-order chi connectivity index (χ0) is 23.3. The number of ether oxygens (including phenoxy) is 2. The van der Waals surface area contributed by atoms with Crippen LogP contribution < -0.4 is 15.0 Å². The molecular weight excluding hydrogens is 426 g/mol. The lowest BCUT2D eigenvalue weighted by Gasteiger charge is -2.35. The summed E-state index contributed by atoms with van der Waals surface area (Å²) in [5, 5.41) is 4.35. The molecule has 0 bridgehead atoms. The number of hydrogen-bond donors (Lipinski definition) is 1. The Morgan fingerprint density at radius 1 is 0.941 bits per heavy atom. The fourth-order valence-electron chi connectivity index (χ4n) is 4.96. The highest BCUT2D eigenvalue weighted by Gasteiger charge is 2.23. The van der Waals surface area contributed by atoms with Gasteiger partial charge in [-0.1, -0.05) is 19.1 Å². The van der Waals surface area contributed by atoms with Crippen molar-refractivity contribution in [3.8, 4) is 5.75 Å². The Hall–Kier alpha value is -2.90. The number of benzene rings is 2. The normalized spacial score (nSPS) is 21.5. The monoisotopic (exact) mass is 461 g/mol. The third kappa shape index (κ3) is 5.26. The Morgan fingerprint density at radius 2 is 1.68 bits per heavy atom. The molecule has 7 heteroatoms. The van der Waals surface area contributed by atoms with Crippen LogP contribution in [0.5, 0.6) is 5.75 Å². The molecule has 2 heterocycles. The average molecular weight is 462 g/mol. The molecule has 3 aromatic rings. The van der Waals surface area contributed by atoms with Gasteiger partial charge in [-0.25, -0.2) is 9.97 Å². The number of aromatic nitrogens is 2. The molecule has 1 saturated carbocycles. The van der Waals surface area contributed by atoms with E-state index < -0.39 is 0 Å². The summed E-state index contributed by atoms with van der Waals surface area (Å²) in [5.41, 5.74) is 3.09. The van der Waals surface area contributed by atoms with Gasteiger partial charge >= 0.3 is 0 Å². The van der Waals surface area contributed by atoms with E-state index >= 15 is 0 Å². The fourth-order valence-corrected chi connectivity index (χ4v) is 4.96. The Bertz CT molecular complexity index is 1070. The van der Waals surface area contributed by atoms with Crippen molar-refractivity contribution in [1.82, 2.24) is 14.9 Å². The molecule has 34 heavy (non-hydrogen) atoms. The molecule has 0 unspecified atom stereocenters. The van der Waals surface area contributed by atoms with Crippen LogP contribution in [-0.4, -0.2) is 66.9 Å². The van der Waals surface area contributed by atoms with Gasteiger partial charge in [-0.3, -0.25) is 0 Å². The number of piperazine rings is 1. The van der Waals surface area contributed by atoms with Crippen molar-refractivity contribution in [1.29, 1.82) is 0 Å². The third-order valence-electron chi connectivity index (χ3n) is 7.13. The quantitative estimate of drug-likeness (QED) is 0.539. The first-order chi connectivity index (χ1) is 16.7. The smallest absolute Gasteiger partial charge is 0.227 e. The SMILES string of the molecule is CCN1CCN(c2ccc(Nc3ncc4cccc(OC5CCC(OC)CC5)c4n3)cc2)CC1. The molecule has 1 N–H and O–H groups in total. The van der Waals surface area contributed by atoms with Crippen LogP contribution in [0.4, 0.5) is 17.3 Å². The number of rotatable bonds is 7. The lowest BCUT2D eigenvalue weighted by Crippen LogP contribution is -2.46. The van der Waals surface area contributed by atoms with Crippen molar-refractivity contribution >= 4 is 28.2 Å². The Morgan fingerprint density at radius 3 is 2.38 bits per heavy atom. The number of nitrogens with zero attached hydrogens (tertiary/aromatic N) is 4. The zero-order valence-electron chi connectivity index (χ0n) is 20.2. The maximum Gasteiger partial charge on any atom is 0.227 e. The molecule has 2 fully saturated rings. The van der Waals surface area contributed by atoms with Gasteiger partial charge in [0, 0.05) is 56.2 Å². The number of anilines is 3. The van der Waals surface area contributed by atoms with E-state index in [4.69, 9.17) is 14.5 Å². The van der Waals surface area contributed by atoms with Crippen molar-refractivity contribution in [3.05, 3.63) is 48.7 Å². The molecule has 1 saturated heterocycles. The highest BCUT2D eigenvalue weighted by Crippen LogP contribution is 2.30. The molecule has 0 amide bonds. The van der Waals surface area contributed by atoms with Crippen molar-refractivity contribution < 1.29 is 9.47 Å². The van der Waals surface area contributed by atoms with E-state index in [2.05, 4.69) is 51.3 Å². The number of methoxy groups -OCH3 is 1. The van der Waals surface area contributed by atoms with Crippen LogP contribution in [0.25, 0.3) is 10.9 Å². The molecular formula is C27H35N5O2. The lowest BCUT2D eigenvalue weighted by molar-refractivity contribution is 0.0331. The van der Waals surface area contributed by atoms with Gasteiger partial charge in [0.2, 0.25) is 5.95 Å². The largest absolute Gasteiger partial charge is 0.488 e. The first-order valence-corrected chi connectivity index (χ1v) is 12.5. The van der Waals surface area contributed by atoms with Crippen molar-refractivity contribution in [3.63, 3.8) is 0 Å². The molecule has 2 aliphatic rings. The summed E-state index contributed by atoms with van der Waals surface area (Å²) in [6.45, 7) is 7.76. The molecule has 1 aromatic heterocycles. The van der Waals surface area contributed by atoms with Gasteiger partial charge in [-0.15, -0.1) is 0 Å². The van der Waals surface area contributed by atoms with Gasteiger partial charge in [0.1, 0.15) is 11.3 Å². The van der Waals surface area contributed by atoms with Gasteiger partial charge in [0.25, 0.3) is 0 Å². The molecule has 2 aromatic carbocycles. The molecule has 0 spiro atoms. The first kappa shape index (κ1) is 22.9. The van der Waals surface area contributed by atoms with E-state index in [9.17, 15) is 0 Å². The number of fused-ring (bicyclic) bond motifs is 1. The van der Waals surface area contributed by atoms with Crippen molar-refractivity contribution in [2.45, 2.75) is 44.8 Å². The maximum atomic E-state index is 6.38. The van der Waals surface area contributed by atoms with Gasteiger partial charge in [-0.05, 0) is 62.6 Å². The standard InChI is InChI=1S/C27H35N5O2/c1-3-31-15-17-32(18-16-31)22-9-7-21(8-10-22)29-27-28-19-20-5-4-6-25(26(20)30-27)34-24-13-11-23(33-2)12-14-24/h4-10,19,23-24H,3,11-18H2,1-2H3,(H,28,29,30). The summed E-state index contributed by atoms with van der Waals surface area (Å²) in [6, 6.07) is 14.6. The van der Waals surface area contributed by atoms with Crippen LogP contribution in [-0.2, 0) is 4.74 Å². The molecule has 1 aliphatic carbocycles. The first-order valence-electron chi connectivity index (χ1n) is 12.5. The second-order valence-electron chi connectivity index (χ2n) is 9.23. The van der Waals surface area contributed by atoms with Crippen LogP contribution in [0, 0.1) is 0 Å². The maximum absolute atomic E-state index is 6.38. The van der Waals surface area contributed by atoms with Gasteiger partial charge < -0.3 is 24.6 Å². The van der Waals surface area contributed by atoms with E-state index in [0.717, 1.165) is 80.7 Å². The Kier molecular flexibility index (Phi) is 7.11. The van der Waals surface area contributed by atoms with E-state index in [1.165, 1.54) is 5.69 Å². The highest BCUT2D eigenvalue weighted by atomic mass is 16.5. The summed E-state index contributed by atoms with van der Waals surface area (Å²) in [5.74, 6) is 1.40. The van der Waals surface area contributed by atoms with Crippen LogP contribution in [0.3, 0.4) is 0 Å². The minimum Gasteiger partial charge on any atom is -0.488 e. The Balaban J connectivity index is 1.26. The fraction of sp³-hybridized carbons (Fsp3) is 0.481. The predicted molar refractivity (Wildman–Crippen MR) is 137 cm³/mol. The minimum atomic E-state index is 0.204. The summed E-state index contributed by atoms with van der Waals surface area (Å²) >= 11 is 0. The number of nitrogens with one attached hydrogen (secondary N) is 1. The van der Waals surface area contributed by atoms with Crippen LogP contribution in [0.15, 0.2) is 48.7 Å². The van der Waals surface area contributed by atoms with Gasteiger partial charge in [-0.2, -0.15) is 0 Å². The second-order valence-corrected chi connectivity index (χ2v) is 9.23.